The van der Waals surface area contributed by atoms with Crippen LogP contribution in [-0.2, 0) is 11.2 Å². The number of carbonyl (C=O) groups excluding carboxylic acids is 1. The molecule has 0 saturated heterocycles. The Morgan fingerprint density at radius 3 is 2.45 bits per heavy atom. The summed E-state index contributed by atoms with van der Waals surface area (Å²) in [5.41, 5.74) is 2.65. The number of halogens is 3. The van der Waals surface area contributed by atoms with E-state index in [4.69, 9.17) is 11.6 Å². The molecule has 1 amide bonds. The van der Waals surface area contributed by atoms with Gasteiger partial charge in [-0.25, -0.2) is 8.78 Å². The Labute approximate surface area is 119 Å². The third-order valence-electron chi connectivity index (χ3n) is 3.22. The van der Waals surface area contributed by atoms with Gasteiger partial charge in [0.15, 0.2) is 0 Å². The van der Waals surface area contributed by atoms with Gasteiger partial charge in [-0.1, -0.05) is 12.1 Å². The van der Waals surface area contributed by atoms with Gasteiger partial charge in [0.05, 0.1) is 11.8 Å². The van der Waals surface area contributed by atoms with Gasteiger partial charge in [0, 0.05) is 11.8 Å². The zero-order chi connectivity index (χ0) is 14.3. The molecule has 2 aromatic carbocycles. The van der Waals surface area contributed by atoms with Crippen molar-refractivity contribution in [2.45, 2.75) is 11.8 Å². The first-order valence-electron chi connectivity index (χ1n) is 6.05. The maximum Gasteiger partial charge on any atom is 0.228 e. The van der Waals surface area contributed by atoms with Gasteiger partial charge >= 0.3 is 0 Å². The Kier molecular flexibility index (Phi) is 3.18. The van der Waals surface area contributed by atoms with Gasteiger partial charge in [-0.3, -0.25) is 4.79 Å². The molecule has 0 aromatic heterocycles. The van der Waals surface area contributed by atoms with Crippen LogP contribution in [0.3, 0.4) is 0 Å². The van der Waals surface area contributed by atoms with E-state index in [-0.39, 0.29) is 5.91 Å². The molecule has 1 heterocycles. The van der Waals surface area contributed by atoms with Crippen molar-refractivity contribution in [1.82, 2.24) is 0 Å². The van der Waals surface area contributed by atoms with Gasteiger partial charge < -0.3 is 5.32 Å². The van der Waals surface area contributed by atoms with Crippen molar-refractivity contribution in [2.24, 2.45) is 0 Å². The molecule has 0 fully saturated rings. The number of benzene rings is 2. The summed E-state index contributed by atoms with van der Waals surface area (Å²) in [5, 5.41) is 2.05. The fraction of sp³-hybridized carbons (Fsp3) is 0.133. The highest BCUT2D eigenvalue weighted by atomic mass is 35.5. The fourth-order valence-electron chi connectivity index (χ4n) is 2.32. The summed E-state index contributed by atoms with van der Waals surface area (Å²) in [7, 11) is 0. The quantitative estimate of drug-likeness (QED) is 0.839. The summed E-state index contributed by atoms with van der Waals surface area (Å²) < 4.78 is 26.4. The van der Waals surface area contributed by atoms with E-state index in [0.29, 0.717) is 17.5 Å². The highest BCUT2D eigenvalue weighted by molar-refractivity contribution is 6.22. The predicted molar refractivity (Wildman–Crippen MR) is 72.8 cm³/mol. The lowest BCUT2D eigenvalue weighted by atomic mass is 10.0. The molecule has 1 atom stereocenters. The van der Waals surface area contributed by atoms with Gasteiger partial charge in [0.25, 0.3) is 0 Å². The smallest absolute Gasteiger partial charge is 0.228 e. The molecule has 2 nitrogen and oxygen atoms in total. The molecule has 1 N–H and O–H groups in total. The highest BCUT2D eigenvalue weighted by Crippen LogP contribution is 2.33. The van der Waals surface area contributed by atoms with Crippen LogP contribution < -0.4 is 5.32 Å². The molecule has 1 aliphatic heterocycles. The lowest BCUT2D eigenvalue weighted by Gasteiger charge is -2.12. The lowest BCUT2D eigenvalue weighted by molar-refractivity contribution is -0.115. The van der Waals surface area contributed by atoms with E-state index in [2.05, 4.69) is 5.32 Å². The summed E-state index contributed by atoms with van der Waals surface area (Å²) in [6.45, 7) is 0. The van der Waals surface area contributed by atoms with Crippen molar-refractivity contribution < 1.29 is 13.6 Å². The van der Waals surface area contributed by atoms with Crippen LogP contribution in [0.4, 0.5) is 14.5 Å². The van der Waals surface area contributed by atoms with Crippen molar-refractivity contribution in [3.63, 3.8) is 0 Å². The number of nitrogens with one attached hydrogen (secondary N) is 1. The van der Waals surface area contributed by atoms with Crippen LogP contribution in [0.15, 0.2) is 36.4 Å². The van der Waals surface area contributed by atoms with Crippen LogP contribution >= 0.6 is 11.6 Å². The van der Waals surface area contributed by atoms with E-state index < -0.39 is 17.0 Å². The van der Waals surface area contributed by atoms with Crippen molar-refractivity contribution in [3.8, 4) is 0 Å². The second kappa shape index (κ2) is 4.87. The van der Waals surface area contributed by atoms with Gasteiger partial charge in [-0.2, -0.15) is 0 Å². The average Bonchev–Trinajstić information content (AvgIpc) is 2.75. The molecule has 0 aliphatic carbocycles. The van der Waals surface area contributed by atoms with E-state index in [0.717, 1.165) is 17.3 Å². The summed E-state index contributed by atoms with van der Waals surface area (Å²) >= 11 is 6.27. The minimum atomic E-state index is -0.666. The van der Waals surface area contributed by atoms with Crippen LogP contribution in [0.2, 0.25) is 0 Å². The Morgan fingerprint density at radius 1 is 1.05 bits per heavy atom. The number of fused-ring (bicyclic) bond motifs is 1. The average molecular weight is 294 g/mol. The van der Waals surface area contributed by atoms with E-state index in [1.807, 2.05) is 0 Å². The van der Waals surface area contributed by atoms with Gasteiger partial charge in [0.2, 0.25) is 5.91 Å². The summed E-state index contributed by atoms with van der Waals surface area (Å²) in [4.78, 5) is 11.3. The molecule has 20 heavy (non-hydrogen) atoms. The normalized spacial score (nSPS) is 14.8. The molecule has 0 bridgehead atoms. The standard InChI is InChI=1S/C15H10ClF2NO/c16-15(10-4-11(17)7-12(18)5-10)8-1-2-13-9(3-8)6-14(20)19-13/h1-5,7,15H,6H2,(H,19,20). The monoisotopic (exact) mass is 293 g/mol. The lowest BCUT2D eigenvalue weighted by Crippen LogP contribution is -2.03. The van der Waals surface area contributed by atoms with Gasteiger partial charge in [-0.05, 0) is 34.9 Å². The van der Waals surface area contributed by atoms with Crippen molar-refractivity contribution in [2.75, 3.05) is 5.32 Å². The molecule has 2 aromatic rings. The SMILES string of the molecule is O=C1Cc2cc(C(Cl)c3cc(F)cc(F)c3)ccc2N1. The molecule has 0 spiro atoms. The van der Waals surface area contributed by atoms with Crippen molar-refractivity contribution in [1.29, 1.82) is 0 Å². The maximum absolute atomic E-state index is 13.2. The maximum atomic E-state index is 13.2. The predicted octanol–water partition coefficient (Wildman–Crippen LogP) is 3.79. The Hall–Kier alpha value is -1.94. The molecule has 102 valence electrons. The molecule has 1 unspecified atom stereocenters. The number of anilines is 1. The van der Waals surface area contributed by atoms with Crippen LogP contribution in [-0.4, -0.2) is 5.91 Å². The number of carbonyl (C=O) groups is 1. The summed E-state index contributed by atoms with van der Waals surface area (Å²) in [5.74, 6) is -1.40. The van der Waals surface area contributed by atoms with E-state index in [1.54, 1.807) is 18.2 Å². The second-order valence-electron chi connectivity index (χ2n) is 4.71. The third-order valence-corrected chi connectivity index (χ3v) is 3.73. The molecule has 3 rings (SSSR count). The van der Waals surface area contributed by atoms with E-state index in [9.17, 15) is 13.6 Å². The Morgan fingerprint density at radius 2 is 1.75 bits per heavy atom. The fourth-order valence-corrected chi connectivity index (χ4v) is 2.58. The number of alkyl halides is 1. The van der Waals surface area contributed by atoms with Crippen molar-refractivity contribution >= 4 is 23.2 Å². The molecule has 0 saturated carbocycles. The van der Waals surface area contributed by atoms with E-state index in [1.165, 1.54) is 12.1 Å². The number of hydrogen-bond donors (Lipinski definition) is 1. The second-order valence-corrected chi connectivity index (χ2v) is 5.14. The van der Waals surface area contributed by atoms with Gasteiger partial charge in [-0.15, -0.1) is 11.6 Å². The largest absolute Gasteiger partial charge is 0.326 e. The number of hydrogen-bond acceptors (Lipinski definition) is 1. The Balaban J connectivity index is 1.97. The number of amides is 1. The van der Waals surface area contributed by atoms with Crippen LogP contribution in [0.25, 0.3) is 0 Å². The topological polar surface area (TPSA) is 29.1 Å². The molecule has 5 heteroatoms. The van der Waals surface area contributed by atoms with Crippen LogP contribution in [0.1, 0.15) is 22.1 Å². The summed E-state index contributed by atoms with van der Waals surface area (Å²) in [6.07, 6.45) is 0.296. The number of rotatable bonds is 2. The van der Waals surface area contributed by atoms with Crippen molar-refractivity contribution in [3.05, 3.63) is 64.7 Å². The molecule has 1 aliphatic rings. The first-order chi connectivity index (χ1) is 9.52. The summed E-state index contributed by atoms with van der Waals surface area (Å²) in [6, 6.07) is 8.49. The van der Waals surface area contributed by atoms with E-state index >= 15 is 0 Å². The van der Waals surface area contributed by atoms with Crippen LogP contribution in [0.5, 0.6) is 0 Å². The Bertz CT molecular complexity index is 682. The van der Waals surface area contributed by atoms with Crippen LogP contribution in [0, 0.1) is 11.6 Å². The zero-order valence-electron chi connectivity index (χ0n) is 10.3. The molecule has 0 radical (unpaired) electrons. The van der Waals surface area contributed by atoms with Gasteiger partial charge in [0.1, 0.15) is 11.6 Å². The molecular weight excluding hydrogens is 284 g/mol. The minimum Gasteiger partial charge on any atom is -0.326 e. The first-order valence-corrected chi connectivity index (χ1v) is 6.49. The highest BCUT2D eigenvalue weighted by Gasteiger charge is 2.20. The molecular formula is C15H10ClF2NO. The minimum absolute atomic E-state index is 0.0694. The zero-order valence-corrected chi connectivity index (χ0v) is 11.0. The third kappa shape index (κ3) is 2.39. The first kappa shape index (κ1) is 13.1.